The molecule has 0 bridgehead atoms. The number of anilines is 1. The summed E-state index contributed by atoms with van der Waals surface area (Å²) in [6, 6.07) is 5.17. The molecule has 1 aromatic carbocycles. The highest BCUT2D eigenvalue weighted by Gasteiger charge is 2.10. The fourth-order valence-corrected chi connectivity index (χ4v) is 1.77. The minimum Gasteiger partial charge on any atom is -0.430 e. The molecule has 5 heteroatoms. The summed E-state index contributed by atoms with van der Waals surface area (Å²) in [5.41, 5.74) is 7.47. The fraction of sp³-hybridized carbons (Fsp3) is 0.222. The monoisotopic (exact) mass is 210 g/mol. The quantitative estimate of drug-likeness (QED) is 0.763. The molecule has 2 N–H and O–H groups in total. The molecular weight excluding hydrogens is 200 g/mol. The molecule has 0 amide bonds. The minimum absolute atomic E-state index is 0.271. The van der Waals surface area contributed by atoms with Gasteiger partial charge in [0.2, 0.25) is 0 Å². The predicted octanol–water partition coefficient (Wildman–Crippen LogP) is 1.54. The van der Waals surface area contributed by atoms with Crippen molar-refractivity contribution in [3.05, 3.63) is 18.2 Å². The zero-order valence-electron chi connectivity index (χ0n) is 7.69. The van der Waals surface area contributed by atoms with Gasteiger partial charge in [-0.1, -0.05) is 6.92 Å². The lowest BCUT2D eigenvalue weighted by molar-refractivity contribution is 0.478. The van der Waals surface area contributed by atoms with Crippen LogP contribution in [0.25, 0.3) is 11.1 Å². The van der Waals surface area contributed by atoms with Crippen LogP contribution in [0.2, 0.25) is 0 Å². The number of aromatic nitrogens is 1. The van der Waals surface area contributed by atoms with E-state index in [1.54, 1.807) is 18.2 Å². The summed E-state index contributed by atoms with van der Waals surface area (Å²) in [5, 5.41) is 0.271. The highest BCUT2D eigenvalue weighted by Crippen LogP contribution is 2.20. The molecule has 74 valence electrons. The van der Waals surface area contributed by atoms with Crippen molar-refractivity contribution in [1.29, 1.82) is 0 Å². The first-order valence-electron chi connectivity index (χ1n) is 4.25. The van der Waals surface area contributed by atoms with Crippen molar-refractivity contribution < 1.29 is 8.63 Å². The predicted molar refractivity (Wildman–Crippen MR) is 55.4 cm³/mol. The van der Waals surface area contributed by atoms with Crippen LogP contribution in [-0.2, 0) is 10.8 Å². The third kappa shape index (κ3) is 1.50. The average Bonchev–Trinajstić information content (AvgIpc) is 2.59. The molecule has 2 rings (SSSR count). The minimum atomic E-state index is -1.15. The van der Waals surface area contributed by atoms with Crippen LogP contribution >= 0.6 is 0 Å². The maximum atomic E-state index is 11.4. The largest absolute Gasteiger partial charge is 0.430 e. The lowest BCUT2D eigenvalue weighted by atomic mass is 10.3. The van der Waals surface area contributed by atoms with E-state index in [0.717, 1.165) is 0 Å². The maximum Gasteiger partial charge on any atom is 0.287 e. The van der Waals surface area contributed by atoms with E-state index in [0.29, 0.717) is 22.5 Å². The molecule has 1 aromatic heterocycles. The van der Waals surface area contributed by atoms with Crippen molar-refractivity contribution in [2.24, 2.45) is 0 Å². The molecule has 14 heavy (non-hydrogen) atoms. The molecule has 1 unspecified atom stereocenters. The first-order chi connectivity index (χ1) is 6.70. The van der Waals surface area contributed by atoms with E-state index in [2.05, 4.69) is 4.98 Å². The van der Waals surface area contributed by atoms with Gasteiger partial charge in [-0.25, -0.2) is 9.19 Å². The summed E-state index contributed by atoms with van der Waals surface area (Å²) in [5.74, 6) is 0.502. The lowest BCUT2D eigenvalue weighted by Crippen LogP contribution is -1.92. The van der Waals surface area contributed by atoms with Crippen molar-refractivity contribution in [2.45, 2.75) is 12.1 Å². The summed E-state index contributed by atoms with van der Waals surface area (Å²) in [6.07, 6.45) is 0. The number of hydrogen-bond acceptors (Lipinski definition) is 4. The first-order valence-corrected chi connectivity index (χ1v) is 5.57. The summed E-state index contributed by atoms with van der Waals surface area (Å²) >= 11 is 0. The Hall–Kier alpha value is -1.36. The molecule has 0 aliphatic carbocycles. The van der Waals surface area contributed by atoms with Gasteiger partial charge in [-0.15, -0.1) is 0 Å². The Labute approximate surface area is 83.6 Å². The lowest BCUT2D eigenvalue weighted by Gasteiger charge is -1.88. The summed E-state index contributed by atoms with van der Waals surface area (Å²) < 4.78 is 16.7. The van der Waals surface area contributed by atoms with Gasteiger partial charge in [-0.05, 0) is 12.1 Å². The summed E-state index contributed by atoms with van der Waals surface area (Å²) in [4.78, 5) is 4.10. The Morgan fingerprint density at radius 2 is 2.36 bits per heavy atom. The fourth-order valence-electron chi connectivity index (χ4n) is 1.14. The van der Waals surface area contributed by atoms with Gasteiger partial charge in [0.1, 0.15) is 16.3 Å². The number of benzene rings is 1. The zero-order chi connectivity index (χ0) is 10.1. The molecule has 1 heterocycles. The normalized spacial score (nSPS) is 13.2. The van der Waals surface area contributed by atoms with E-state index in [1.165, 1.54) is 0 Å². The van der Waals surface area contributed by atoms with Crippen LogP contribution < -0.4 is 5.73 Å². The van der Waals surface area contributed by atoms with Crippen LogP contribution in [0, 0.1) is 0 Å². The van der Waals surface area contributed by atoms with Crippen LogP contribution in [0.4, 0.5) is 5.69 Å². The Balaban J connectivity index is 2.56. The number of fused-ring (bicyclic) bond motifs is 1. The van der Waals surface area contributed by atoms with E-state index >= 15 is 0 Å². The van der Waals surface area contributed by atoms with Gasteiger partial charge in [0.15, 0.2) is 5.58 Å². The molecule has 0 saturated carbocycles. The molecule has 4 nitrogen and oxygen atoms in total. The number of nitrogens with two attached hydrogens (primary N) is 1. The van der Waals surface area contributed by atoms with Gasteiger partial charge in [0.05, 0.1) is 0 Å². The van der Waals surface area contributed by atoms with Crippen molar-refractivity contribution in [3.63, 3.8) is 0 Å². The molecule has 0 spiro atoms. The van der Waals surface area contributed by atoms with Crippen molar-refractivity contribution >= 4 is 27.6 Å². The summed E-state index contributed by atoms with van der Waals surface area (Å²) in [7, 11) is -1.15. The third-order valence-corrected chi connectivity index (χ3v) is 2.94. The Bertz CT molecular complexity index is 493. The van der Waals surface area contributed by atoms with Crippen molar-refractivity contribution in [2.75, 3.05) is 11.5 Å². The second-order valence-electron chi connectivity index (χ2n) is 2.84. The molecule has 1 atom stereocenters. The van der Waals surface area contributed by atoms with Gasteiger partial charge in [0, 0.05) is 17.5 Å². The van der Waals surface area contributed by atoms with Crippen LogP contribution in [0.15, 0.2) is 27.8 Å². The standard InChI is InChI=1S/C9H10N2O2S/c1-2-14(12)9-11-7-4-3-6(10)5-8(7)13-9/h3-5H,2,10H2,1H3. The van der Waals surface area contributed by atoms with Gasteiger partial charge < -0.3 is 10.2 Å². The van der Waals surface area contributed by atoms with Gasteiger partial charge in [0.25, 0.3) is 5.22 Å². The summed E-state index contributed by atoms with van der Waals surface area (Å²) in [6.45, 7) is 1.82. The second-order valence-corrected chi connectivity index (χ2v) is 4.46. The second kappa shape index (κ2) is 3.42. The number of rotatable bonds is 2. The Kier molecular flexibility index (Phi) is 2.25. The van der Waals surface area contributed by atoms with E-state index in [9.17, 15) is 4.21 Å². The van der Waals surface area contributed by atoms with Gasteiger partial charge in [-0.2, -0.15) is 0 Å². The molecule has 0 saturated heterocycles. The zero-order valence-corrected chi connectivity index (χ0v) is 8.50. The molecule has 0 radical (unpaired) electrons. The molecule has 0 aliphatic rings. The van der Waals surface area contributed by atoms with Crippen LogP contribution in [0.5, 0.6) is 0 Å². The highest BCUT2D eigenvalue weighted by atomic mass is 32.2. The number of nitrogens with zero attached hydrogens (tertiary/aromatic N) is 1. The molecule has 0 aliphatic heterocycles. The van der Waals surface area contributed by atoms with Crippen molar-refractivity contribution in [3.8, 4) is 0 Å². The van der Waals surface area contributed by atoms with Crippen molar-refractivity contribution in [1.82, 2.24) is 4.98 Å². The number of nitrogen functional groups attached to an aromatic ring is 1. The van der Waals surface area contributed by atoms with E-state index < -0.39 is 10.8 Å². The highest BCUT2D eigenvalue weighted by molar-refractivity contribution is 7.84. The maximum absolute atomic E-state index is 11.4. The molecular formula is C9H10N2O2S. The van der Waals surface area contributed by atoms with E-state index in [1.807, 2.05) is 6.92 Å². The van der Waals surface area contributed by atoms with Crippen LogP contribution in [0.3, 0.4) is 0 Å². The first kappa shape index (κ1) is 9.21. The van der Waals surface area contributed by atoms with E-state index in [-0.39, 0.29) is 5.22 Å². The van der Waals surface area contributed by atoms with Crippen LogP contribution in [-0.4, -0.2) is 14.9 Å². The average molecular weight is 210 g/mol. The number of hydrogen-bond donors (Lipinski definition) is 1. The molecule has 0 fully saturated rings. The Morgan fingerprint density at radius 1 is 1.57 bits per heavy atom. The number of oxazole rings is 1. The van der Waals surface area contributed by atoms with Gasteiger partial charge >= 0.3 is 0 Å². The topological polar surface area (TPSA) is 69.1 Å². The SMILES string of the molecule is CCS(=O)c1nc2ccc(N)cc2o1. The Morgan fingerprint density at radius 3 is 3.07 bits per heavy atom. The van der Waals surface area contributed by atoms with Gasteiger partial charge in [-0.3, -0.25) is 0 Å². The third-order valence-electron chi connectivity index (χ3n) is 1.85. The van der Waals surface area contributed by atoms with Crippen LogP contribution in [0.1, 0.15) is 6.92 Å². The molecule has 2 aromatic rings. The smallest absolute Gasteiger partial charge is 0.287 e. The van der Waals surface area contributed by atoms with E-state index in [4.69, 9.17) is 10.2 Å².